The van der Waals surface area contributed by atoms with Crippen molar-refractivity contribution < 1.29 is 9.53 Å². The number of rotatable bonds is 5. The van der Waals surface area contributed by atoms with Gasteiger partial charge in [0.1, 0.15) is 18.6 Å². The zero-order chi connectivity index (χ0) is 13.5. The zero-order valence-electron chi connectivity index (χ0n) is 10.9. The Morgan fingerprint density at radius 2 is 1.89 bits per heavy atom. The molecule has 0 saturated heterocycles. The van der Waals surface area contributed by atoms with Crippen LogP contribution in [0.1, 0.15) is 18.1 Å². The smallest absolute Gasteiger partial charge is 0.143 e. The molecule has 0 N–H and O–H groups in total. The molecule has 0 spiro atoms. The summed E-state index contributed by atoms with van der Waals surface area (Å²) < 4.78 is 5.75. The predicted molar refractivity (Wildman–Crippen MR) is 76.9 cm³/mol. The van der Waals surface area contributed by atoms with Gasteiger partial charge >= 0.3 is 0 Å². The maximum atomic E-state index is 10.5. The monoisotopic (exact) mass is 252 g/mol. The van der Waals surface area contributed by atoms with E-state index in [1.807, 2.05) is 61.5 Å². The molecule has 2 rings (SSSR count). The van der Waals surface area contributed by atoms with Crippen molar-refractivity contribution in [2.75, 3.05) is 0 Å². The van der Waals surface area contributed by atoms with Gasteiger partial charge in [-0.15, -0.1) is 0 Å². The van der Waals surface area contributed by atoms with Crippen LogP contribution in [0.25, 0.3) is 5.57 Å². The lowest BCUT2D eigenvalue weighted by Crippen LogP contribution is -1.95. The minimum atomic E-state index is 0.542. The van der Waals surface area contributed by atoms with Gasteiger partial charge in [-0.1, -0.05) is 42.5 Å². The van der Waals surface area contributed by atoms with Crippen LogP contribution in [-0.2, 0) is 11.4 Å². The van der Waals surface area contributed by atoms with Gasteiger partial charge in [0.15, 0.2) is 0 Å². The summed E-state index contributed by atoms with van der Waals surface area (Å²) >= 11 is 0. The van der Waals surface area contributed by atoms with Crippen molar-refractivity contribution in [3.05, 3.63) is 71.8 Å². The molecule has 0 aliphatic carbocycles. The zero-order valence-corrected chi connectivity index (χ0v) is 10.9. The molecule has 0 saturated carbocycles. The average molecular weight is 252 g/mol. The number of allylic oxidation sites excluding steroid dienone is 2. The third-order valence-electron chi connectivity index (χ3n) is 2.86. The molecule has 0 atom stereocenters. The number of carbonyl (C=O) groups excluding carboxylic acids is 1. The topological polar surface area (TPSA) is 26.3 Å². The predicted octanol–water partition coefficient (Wildman–Crippen LogP) is 3.87. The van der Waals surface area contributed by atoms with E-state index >= 15 is 0 Å². The average Bonchev–Trinajstić information content (AvgIpc) is 2.47. The molecule has 0 heterocycles. The third kappa shape index (κ3) is 3.81. The van der Waals surface area contributed by atoms with Crippen molar-refractivity contribution in [2.24, 2.45) is 0 Å². The molecule has 0 aliphatic heterocycles. The fourth-order valence-corrected chi connectivity index (χ4v) is 1.77. The molecule has 2 nitrogen and oxygen atoms in total. The van der Waals surface area contributed by atoms with Crippen molar-refractivity contribution in [1.82, 2.24) is 0 Å². The maximum Gasteiger partial charge on any atom is 0.143 e. The molecule has 0 bridgehead atoms. The quantitative estimate of drug-likeness (QED) is 0.596. The largest absolute Gasteiger partial charge is 0.489 e. The molecular formula is C17H16O2. The lowest BCUT2D eigenvalue weighted by molar-refractivity contribution is -0.104. The van der Waals surface area contributed by atoms with Gasteiger partial charge in [0.05, 0.1) is 0 Å². The second kappa shape index (κ2) is 6.55. The Morgan fingerprint density at radius 3 is 2.63 bits per heavy atom. The summed E-state index contributed by atoms with van der Waals surface area (Å²) in [6.45, 7) is 2.45. The number of hydrogen-bond donors (Lipinski definition) is 0. The van der Waals surface area contributed by atoms with Crippen molar-refractivity contribution >= 4 is 11.9 Å². The highest BCUT2D eigenvalue weighted by molar-refractivity contribution is 5.80. The third-order valence-corrected chi connectivity index (χ3v) is 2.86. The van der Waals surface area contributed by atoms with E-state index in [1.54, 1.807) is 6.08 Å². The van der Waals surface area contributed by atoms with E-state index in [1.165, 1.54) is 0 Å². The van der Waals surface area contributed by atoms with E-state index in [0.717, 1.165) is 28.7 Å². The van der Waals surface area contributed by atoms with Crippen LogP contribution >= 0.6 is 0 Å². The van der Waals surface area contributed by atoms with Crippen molar-refractivity contribution in [2.45, 2.75) is 13.5 Å². The van der Waals surface area contributed by atoms with Gasteiger partial charge in [-0.2, -0.15) is 0 Å². The van der Waals surface area contributed by atoms with Crippen LogP contribution in [0.15, 0.2) is 60.7 Å². The molecule has 0 aromatic heterocycles. The number of aldehydes is 1. The van der Waals surface area contributed by atoms with Crippen LogP contribution in [0.4, 0.5) is 0 Å². The molecule has 2 aromatic carbocycles. The van der Waals surface area contributed by atoms with E-state index in [2.05, 4.69) is 0 Å². The van der Waals surface area contributed by atoms with Gasteiger partial charge < -0.3 is 4.74 Å². The fraction of sp³-hybridized carbons (Fsp3) is 0.118. The Kier molecular flexibility index (Phi) is 4.51. The Labute approximate surface area is 113 Å². The van der Waals surface area contributed by atoms with Crippen molar-refractivity contribution in [3.63, 3.8) is 0 Å². The summed E-state index contributed by atoms with van der Waals surface area (Å²) in [4.78, 5) is 10.5. The highest BCUT2D eigenvalue weighted by Crippen LogP contribution is 2.20. The first-order chi connectivity index (χ1) is 9.29. The molecule has 2 aromatic rings. The van der Waals surface area contributed by atoms with Crippen molar-refractivity contribution in [3.8, 4) is 5.75 Å². The SMILES string of the molecule is CC(=CC=O)c1cccc(OCc2ccccc2)c1. The number of benzene rings is 2. The first kappa shape index (κ1) is 13.1. The van der Waals surface area contributed by atoms with Crippen LogP contribution in [-0.4, -0.2) is 6.29 Å². The summed E-state index contributed by atoms with van der Waals surface area (Å²) in [6.07, 6.45) is 2.35. The summed E-state index contributed by atoms with van der Waals surface area (Å²) in [7, 11) is 0. The van der Waals surface area contributed by atoms with Crippen LogP contribution in [0, 0.1) is 0 Å². The Morgan fingerprint density at radius 1 is 1.11 bits per heavy atom. The lowest BCUT2D eigenvalue weighted by Gasteiger charge is -2.08. The lowest BCUT2D eigenvalue weighted by atomic mass is 10.1. The molecule has 0 fully saturated rings. The standard InChI is InChI=1S/C17H16O2/c1-14(10-11-18)16-8-5-9-17(12-16)19-13-15-6-3-2-4-7-15/h2-12H,13H2,1H3. The van der Waals surface area contributed by atoms with Gasteiger partial charge in [0, 0.05) is 0 Å². The van der Waals surface area contributed by atoms with Crippen LogP contribution in [0.2, 0.25) is 0 Å². The van der Waals surface area contributed by atoms with Gasteiger partial charge in [-0.25, -0.2) is 0 Å². The summed E-state index contributed by atoms with van der Waals surface area (Å²) in [5.41, 5.74) is 3.06. The van der Waals surface area contributed by atoms with Crippen LogP contribution in [0.3, 0.4) is 0 Å². The molecular weight excluding hydrogens is 236 g/mol. The normalized spacial score (nSPS) is 11.1. The van der Waals surface area contributed by atoms with Gasteiger partial charge in [-0.05, 0) is 41.8 Å². The van der Waals surface area contributed by atoms with E-state index in [4.69, 9.17) is 4.74 Å². The Balaban J connectivity index is 2.07. The van der Waals surface area contributed by atoms with Crippen LogP contribution in [0.5, 0.6) is 5.75 Å². The molecule has 0 unspecified atom stereocenters. The molecule has 0 amide bonds. The second-order valence-electron chi connectivity index (χ2n) is 4.29. The minimum Gasteiger partial charge on any atom is -0.489 e. The first-order valence-electron chi connectivity index (χ1n) is 6.19. The van der Waals surface area contributed by atoms with Gasteiger partial charge in [-0.3, -0.25) is 4.79 Å². The summed E-state index contributed by atoms with van der Waals surface area (Å²) in [5, 5.41) is 0. The van der Waals surface area contributed by atoms with E-state index in [0.29, 0.717) is 6.61 Å². The number of ether oxygens (including phenoxy) is 1. The summed E-state index contributed by atoms with van der Waals surface area (Å²) in [5.74, 6) is 0.806. The molecule has 0 radical (unpaired) electrons. The van der Waals surface area contributed by atoms with Gasteiger partial charge in [0.2, 0.25) is 0 Å². The van der Waals surface area contributed by atoms with Gasteiger partial charge in [0.25, 0.3) is 0 Å². The van der Waals surface area contributed by atoms with Crippen LogP contribution < -0.4 is 4.74 Å². The molecule has 19 heavy (non-hydrogen) atoms. The summed E-state index contributed by atoms with van der Waals surface area (Å²) in [6, 6.07) is 17.8. The highest BCUT2D eigenvalue weighted by atomic mass is 16.5. The van der Waals surface area contributed by atoms with E-state index in [-0.39, 0.29) is 0 Å². The van der Waals surface area contributed by atoms with E-state index in [9.17, 15) is 4.79 Å². The van der Waals surface area contributed by atoms with Crippen molar-refractivity contribution in [1.29, 1.82) is 0 Å². The maximum absolute atomic E-state index is 10.5. The Hall–Kier alpha value is -2.35. The number of carbonyl (C=O) groups is 1. The Bertz CT molecular complexity index is 571. The highest BCUT2D eigenvalue weighted by Gasteiger charge is 1.99. The first-order valence-corrected chi connectivity index (χ1v) is 6.19. The second-order valence-corrected chi connectivity index (χ2v) is 4.29. The molecule has 2 heteroatoms. The molecule has 96 valence electrons. The number of hydrogen-bond acceptors (Lipinski definition) is 2. The minimum absolute atomic E-state index is 0.542. The van der Waals surface area contributed by atoms with E-state index < -0.39 is 0 Å². The molecule has 0 aliphatic rings. The fourth-order valence-electron chi connectivity index (χ4n) is 1.77.